The molecule has 1 aliphatic rings. The molecule has 0 aliphatic heterocycles. The van der Waals surface area contributed by atoms with E-state index in [4.69, 9.17) is 0 Å². The lowest BCUT2D eigenvalue weighted by Gasteiger charge is -2.19. The van der Waals surface area contributed by atoms with Gasteiger partial charge in [-0.15, -0.1) is 0 Å². The minimum absolute atomic E-state index is 0.618. The third-order valence-corrected chi connectivity index (χ3v) is 2.55. The Morgan fingerprint density at radius 3 is 1.90 bits per heavy atom. The molecule has 10 heavy (non-hydrogen) atoms. The number of hydrogen-bond donors (Lipinski definition) is 0. The molecule has 0 aromatic heterocycles. The van der Waals surface area contributed by atoms with Crippen LogP contribution in [0.4, 0.5) is 0 Å². The Balaban J connectivity index is 2.61. The highest BCUT2D eigenvalue weighted by Gasteiger charge is 2.26. The van der Waals surface area contributed by atoms with E-state index in [1.807, 2.05) is 0 Å². The molecule has 0 heteroatoms. The summed E-state index contributed by atoms with van der Waals surface area (Å²) in [5.41, 5.74) is 0. The van der Waals surface area contributed by atoms with Crippen LogP contribution < -0.4 is 0 Å². The minimum Gasteiger partial charge on any atom is -0.0996 e. The van der Waals surface area contributed by atoms with E-state index in [1.54, 1.807) is 0 Å². The summed E-state index contributed by atoms with van der Waals surface area (Å²) in [7, 11) is 0. The SMILES string of the molecule is CC(C)C1C#CC(C)C1C. The van der Waals surface area contributed by atoms with E-state index in [2.05, 4.69) is 39.5 Å². The van der Waals surface area contributed by atoms with Crippen molar-refractivity contribution in [3.05, 3.63) is 0 Å². The fraction of sp³-hybridized carbons (Fsp3) is 0.800. The van der Waals surface area contributed by atoms with Gasteiger partial charge in [0.15, 0.2) is 0 Å². The first-order chi connectivity index (χ1) is 4.63. The first kappa shape index (κ1) is 7.66. The Hall–Kier alpha value is -0.440. The molecule has 1 aliphatic carbocycles. The van der Waals surface area contributed by atoms with E-state index in [1.165, 1.54) is 0 Å². The van der Waals surface area contributed by atoms with Crippen LogP contribution >= 0.6 is 0 Å². The van der Waals surface area contributed by atoms with E-state index in [0.717, 1.165) is 11.8 Å². The smallest absolute Gasteiger partial charge is 0.0263 e. The molecule has 3 atom stereocenters. The predicted molar refractivity (Wildman–Crippen MR) is 44.4 cm³/mol. The van der Waals surface area contributed by atoms with E-state index in [0.29, 0.717) is 11.8 Å². The van der Waals surface area contributed by atoms with Gasteiger partial charge < -0.3 is 0 Å². The maximum atomic E-state index is 3.31. The van der Waals surface area contributed by atoms with Crippen LogP contribution in [-0.4, -0.2) is 0 Å². The molecule has 0 spiro atoms. The molecule has 0 saturated heterocycles. The van der Waals surface area contributed by atoms with Gasteiger partial charge in [0.25, 0.3) is 0 Å². The highest BCUT2D eigenvalue weighted by Crippen LogP contribution is 2.30. The van der Waals surface area contributed by atoms with Crippen molar-refractivity contribution in [1.82, 2.24) is 0 Å². The van der Waals surface area contributed by atoms with Crippen LogP contribution in [-0.2, 0) is 0 Å². The van der Waals surface area contributed by atoms with Crippen LogP contribution in [0.3, 0.4) is 0 Å². The molecule has 0 heterocycles. The topological polar surface area (TPSA) is 0 Å². The van der Waals surface area contributed by atoms with Gasteiger partial charge in [-0.1, -0.05) is 39.5 Å². The fourth-order valence-corrected chi connectivity index (χ4v) is 1.58. The second-order valence-electron chi connectivity index (χ2n) is 3.71. The summed E-state index contributed by atoms with van der Waals surface area (Å²) in [4.78, 5) is 0. The van der Waals surface area contributed by atoms with Crippen molar-refractivity contribution in [3.63, 3.8) is 0 Å². The van der Waals surface area contributed by atoms with Crippen molar-refractivity contribution in [1.29, 1.82) is 0 Å². The van der Waals surface area contributed by atoms with Gasteiger partial charge >= 0.3 is 0 Å². The second kappa shape index (κ2) is 2.66. The summed E-state index contributed by atoms with van der Waals surface area (Å²) < 4.78 is 0. The standard InChI is InChI=1S/C10H16/c1-7(2)10-6-5-8(3)9(10)4/h7-10H,1-4H3. The molecule has 0 fully saturated rings. The van der Waals surface area contributed by atoms with E-state index in [-0.39, 0.29) is 0 Å². The average Bonchev–Trinajstić information content (AvgIpc) is 2.14. The zero-order chi connectivity index (χ0) is 7.72. The van der Waals surface area contributed by atoms with Crippen LogP contribution in [0, 0.1) is 35.5 Å². The van der Waals surface area contributed by atoms with Crippen molar-refractivity contribution in [3.8, 4) is 11.8 Å². The fourth-order valence-electron chi connectivity index (χ4n) is 1.58. The molecule has 56 valence electrons. The first-order valence-electron chi connectivity index (χ1n) is 4.14. The molecular weight excluding hydrogens is 120 g/mol. The molecule has 3 unspecified atom stereocenters. The minimum atomic E-state index is 0.618. The van der Waals surface area contributed by atoms with Crippen LogP contribution in [0.15, 0.2) is 0 Å². The zero-order valence-electron chi connectivity index (χ0n) is 7.31. The second-order valence-corrected chi connectivity index (χ2v) is 3.71. The molecule has 0 saturated carbocycles. The Kier molecular flexibility index (Phi) is 2.04. The molecule has 1 rings (SSSR count). The summed E-state index contributed by atoms with van der Waals surface area (Å²) in [5, 5.41) is 0. The van der Waals surface area contributed by atoms with Gasteiger partial charge in [0.05, 0.1) is 0 Å². The van der Waals surface area contributed by atoms with Crippen molar-refractivity contribution < 1.29 is 0 Å². The van der Waals surface area contributed by atoms with Crippen molar-refractivity contribution in [2.24, 2.45) is 23.7 Å². The lowest BCUT2D eigenvalue weighted by atomic mass is 9.83. The van der Waals surface area contributed by atoms with E-state index in [9.17, 15) is 0 Å². The predicted octanol–water partition coefficient (Wildman–Crippen LogP) is 2.55. The van der Waals surface area contributed by atoms with Gasteiger partial charge in [-0.25, -0.2) is 0 Å². The first-order valence-corrected chi connectivity index (χ1v) is 4.14. The van der Waals surface area contributed by atoms with Gasteiger partial charge in [-0.2, -0.15) is 0 Å². The Bertz CT molecular complexity index is 168. The molecule has 0 aromatic carbocycles. The van der Waals surface area contributed by atoms with Crippen LogP contribution in [0.5, 0.6) is 0 Å². The maximum Gasteiger partial charge on any atom is 0.0263 e. The third-order valence-electron chi connectivity index (χ3n) is 2.55. The summed E-state index contributed by atoms with van der Waals surface area (Å²) >= 11 is 0. The summed E-state index contributed by atoms with van der Waals surface area (Å²) in [6.45, 7) is 9.03. The quantitative estimate of drug-likeness (QED) is 0.486. The van der Waals surface area contributed by atoms with Gasteiger partial charge in [-0.3, -0.25) is 0 Å². The van der Waals surface area contributed by atoms with Crippen LogP contribution in [0.1, 0.15) is 27.7 Å². The summed E-state index contributed by atoms with van der Waals surface area (Å²) in [5.74, 6) is 9.30. The monoisotopic (exact) mass is 136 g/mol. The van der Waals surface area contributed by atoms with E-state index >= 15 is 0 Å². The van der Waals surface area contributed by atoms with Crippen molar-refractivity contribution in [2.45, 2.75) is 27.7 Å². The molecule has 0 amide bonds. The third kappa shape index (κ3) is 1.19. The number of rotatable bonds is 1. The van der Waals surface area contributed by atoms with E-state index < -0.39 is 0 Å². The van der Waals surface area contributed by atoms with Gasteiger partial charge in [0.1, 0.15) is 0 Å². The highest BCUT2D eigenvalue weighted by atomic mass is 14.3. The maximum absolute atomic E-state index is 3.31. The number of hydrogen-bond acceptors (Lipinski definition) is 0. The molecular formula is C10H16. The van der Waals surface area contributed by atoms with Gasteiger partial charge in [0.2, 0.25) is 0 Å². The molecule has 0 nitrogen and oxygen atoms in total. The summed E-state index contributed by atoms with van der Waals surface area (Å²) in [6, 6.07) is 0. The lowest BCUT2D eigenvalue weighted by molar-refractivity contribution is 0.316. The molecule has 0 radical (unpaired) electrons. The normalized spacial score (nSPS) is 37.9. The van der Waals surface area contributed by atoms with Crippen molar-refractivity contribution >= 4 is 0 Å². The Labute approximate surface area is 64.0 Å². The zero-order valence-corrected chi connectivity index (χ0v) is 7.31. The average molecular weight is 136 g/mol. The Morgan fingerprint density at radius 1 is 1.10 bits per heavy atom. The van der Waals surface area contributed by atoms with Gasteiger partial charge in [-0.05, 0) is 11.8 Å². The Morgan fingerprint density at radius 2 is 1.70 bits per heavy atom. The largest absolute Gasteiger partial charge is 0.0996 e. The van der Waals surface area contributed by atoms with Crippen molar-refractivity contribution in [2.75, 3.05) is 0 Å². The highest BCUT2D eigenvalue weighted by molar-refractivity contribution is 5.17. The molecule has 0 N–H and O–H groups in total. The summed E-state index contributed by atoms with van der Waals surface area (Å²) in [6.07, 6.45) is 0. The lowest BCUT2D eigenvalue weighted by Crippen LogP contribution is -2.16. The molecule has 0 aromatic rings. The van der Waals surface area contributed by atoms with Crippen LogP contribution in [0.25, 0.3) is 0 Å². The van der Waals surface area contributed by atoms with Crippen LogP contribution in [0.2, 0.25) is 0 Å². The van der Waals surface area contributed by atoms with Gasteiger partial charge in [0, 0.05) is 11.8 Å². The molecule has 0 bridgehead atoms.